The molecule has 1 saturated heterocycles. The monoisotopic (exact) mass is 231 g/mol. The molecule has 2 heteroatoms. The molecule has 0 amide bonds. The van der Waals surface area contributed by atoms with Crippen LogP contribution < -0.4 is 4.74 Å². The molecule has 1 aromatic carbocycles. The highest BCUT2D eigenvalue weighted by Crippen LogP contribution is 2.41. The zero-order chi connectivity index (χ0) is 11.9. The van der Waals surface area contributed by atoms with Crippen LogP contribution in [0, 0.1) is 6.92 Å². The number of hydrogen-bond acceptors (Lipinski definition) is 2. The Morgan fingerprint density at radius 2 is 2.06 bits per heavy atom. The fraction of sp³-hybridized carbons (Fsp3) is 0.600. The molecule has 0 aliphatic carbocycles. The van der Waals surface area contributed by atoms with Gasteiger partial charge in [-0.1, -0.05) is 24.6 Å². The molecule has 0 saturated carbocycles. The number of likely N-dealkylation sites (tertiary alicyclic amines) is 1. The van der Waals surface area contributed by atoms with E-state index in [2.05, 4.69) is 36.9 Å². The number of piperidine rings is 1. The van der Waals surface area contributed by atoms with Gasteiger partial charge < -0.3 is 9.64 Å². The van der Waals surface area contributed by atoms with Gasteiger partial charge in [0.15, 0.2) is 0 Å². The number of rotatable bonds is 1. The van der Waals surface area contributed by atoms with Gasteiger partial charge >= 0.3 is 0 Å². The maximum Gasteiger partial charge on any atom is 0.123 e. The number of benzene rings is 1. The Morgan fingerprint density at radius 3 is 2.76 bits per heavy atom. The second-order valence-electron chi connectivity index (χ2n) is 5.51. The lowest BCUT2D eigenvalue weighted by Gasteiger charge is -2.38. The number of aryl methyl sites for hydroxylation is 1. The minimum Gasteiger partial charge on any atom is -0.487 e. The Bertz CT molecular complexity index is 419. The predicted molar refractivity (Wildman–Crippen MR) is 69.6 cm³/mol. The summed E-state index contributed by atoms with van der Waals surface area (Å²) in [7, 11) is 0. The highest BCUT2D eigenvalue weighted by molar-refractivity contribution is 5.42. The van der Waals surface area contributed by atoms with E-state index in [-0.39, 0.29) is 5.60 Å². The molecule has 0 bridgehead atoms. The minimum atomic E-state index is 0.113. The minimum absolute atomic E-state index is 0.113. The molecule has 0 atom stereocenters. The van der Waals surface area contributed by atoms with Crippen molar-refractivity contribution < 1.29 is 4.74 Å². The average Bonchev–Trinajstić information content (AvgIpc) is 2.67. The smallest absolute Gasteiger partial charge is 0.123 e. The molecule has 0 unspecified atom stereocenters. The van der Waals surface area contributed by atoms with Crippen LogP contribution in [0.2, 0.25) is 0 Å². The van der Waals surface area contributed by atoms with Crippen molar-refractivity contribution in [2.45, 2.75) is 38.7 Å². The predicted octanol–water partition coefficient (Wildman–Crippen LogP) is 2.78. The fourth-order valence-corrected chi connectivity index (χ4v) is 3.12. The second kappa shape index (κ2) is 4.02. The molecule has 0 N–H and O–H groups in total. The number of ether oxygens (including phenoxy) is 1. The number of fused-ring (bicyclic) bond motifs is 1. The Hall–Kier alpha value is -1.02. The average molecular weight is 231 g/mol. The van der Waals surface area contributed by atoms with Crippen LogP contribution in [-0.2, 0) is 6.42 Å². The van der Waals surface area contributed by atoms with Crippen LogP contribution in [0.3, 0.4) is 0 Å². The maximum atomic E-state index is 6.26. The quantitative estimate of drug-likeness (QED) is 0.737. The standard InChI is InChI=1S/C15H21NO/c1-3-16-8-6-15(7-9-16)11-13-10-12(2)4-5-14(13)17-15/h4-5,10H,3,6-9,11H2,1-2H3. The summed E-state index contributed by atoms with van der Waals surface area (Å²) in [6.45, 7) is 7.94. The molecule has 1 fully saturated rings. The Labute approximate surface area is 104 Å². The summed E-state index contributed by atoms with van der Waals surface area (Å²) in [5.41, 5.74) is 2.87. The summed E-state index contributed by atoms with van der Waals surface area (Å²) in [5, 5.41) is 0. The van der Waals surface area contributed by atoms with E-state index >= 15 is 0 Å². The van der Waals surface area contributed by atoms with Crippen LogP contribution in [0.4, 0.5) is 0 Å². The molecule has 2 aliphatic rings. The van der Waals surface area contributed by atoms with Gasteiger partial charge in [-0.25, -0.2) is 0 Å². The van der Waals surface area contributed by atoms with Crippen molar-refractivity contribution in [2.24, 2.45) is 0 Å². The largest absolute Gasteiger partial charge is 0.487 e. The number of nitrogens with zero attached hydrogens (tertiary/aromatic N) is 1. The molecule has 3 rings (SSSR count). The van der Waals surface area contributed by atoms with Gasteiger partial charge in [-0.3, -0.25) is 0 Å². The molecule has 2 aliphatic heterocycles. The molecule has 1 spiro atoms. The van der Waals surface area contributed by atoms with Crippen molar-refractivity contribution in [1.29, 1.82) is 0 Å². The van der Waals surface area contributed by atoms with Crippen molar-refractivity contribution in [3.8, 4) is 5.75 Å². The van der Waals surface area contributed by atoms with Gasteiger partial charge in [-0.2, -0.15) is 0 Å². The second-order valence-corrected chi connectivity index (χ2v) is 5.51. The van der Waals surface area contributed by atoms with E-state index in [1.807, 2.05) is 0 Å². The molecule has 17 heavy (non-hydrogen) atoms. The highest BCUT2D eigenvalue weighted by Gasteiger charge is 2.41. The van der Waals surface area contributed by atoms with Crippen LogP contribution in [0.5, 0.6) is 5.75 Å². The molecule has 2 nitrogen and oxygen atoms in total. The van der Waals surface area contributed by atoms with Crippen LogP contribution in [0.1, 0.15) is 30.9 Å². The fourth-order valence-electron chi connectivity index (χ4n) is 3.12. The van der Waals surface area contributed by atoms with Crippen LogP contribution in [0.25, 0.3) is 0 Å². The molecule has 0 radical (unpaired) electrons. The van der Waals surface area contributed by atoms with Crippen LogP contribution in [-0.4, -0.2) is 30.1 Å². The summed E-state index contributed by atoms with van der Waals surface area (Å²) in [4.78, 5) is 2.52. The lowest BCUT2D eigenvalue weighted by atomic mass is 9.87. The third-order valence-corrected chi connectivity index (χ3v) is 4.27. The van der Waals surface area contributed by atoms with Crippen molar-refractivity contribution in [1.82, 2.24) is 4.90 Å². The highest BCUT2D eigenvalue weighted by atomic mass is 16.5. The lowest BCUT2D eigenvalue weighted by Crippen LogP contribution is -2.47. The van der Waals surface area contributed by atoms with Crippen LogP contribution in [0.15, 0.2) is 18.2 Å². The molecule has 2 heterocycles. The first kappa shape index (κ1) is 11.1. The molecular formula is C15H21NO. The summed E-state index contributed by atoms with van der Waals surface area (Å²) < 4.78 is 6.26. The Morgan fingerprint density at radius 1 is 1.29 bits per heavy atom. The van der Waals surface area contributed by atoms with Gasteiger partial charge in [0.25, 0.3) is 0 Å². The normalized spacial score (nSPS) is 22.5. The van der Waals surface area contributed by atoms with E-state index in [9.17, 15) is 0 Å². The first-order chi connectivity index (χ1) is 8.21. The van der Waals surface area contributed by atoms with Gasteiger partial charge in [0.2, 0.25) is 0 Å². The van der Waals surface area contributed by atoms with Gasteiger partial charge in [-0.05, 0) is 25.1 Å². The molecule has 1 aromatic rings. The van der Waals surface area contributed by atoms with Gasteiger partial charge in [0.05, 0.1) is 0 Å². The SMILES string of the molecule is CCN1CCC2(CC1)Cc1cc(C)ccc1O2. The first-order valence-electron chi connectivity index (χ1n) is 6.72. The topological polar surface area (TPSA) is 12.5 Å². The Balaban J connectivity index is 1.77. The van der Waals surface area contributed by atoms with Gasteiger partial charge in [0, 0.05) is 32.4 Å². The Kier molecular flexibility index (Phi) is 2.62. The number of hydrogen-bond donors (Lipinski definition) is 0. The summed E-state index contributed by atoms with van der Waals surface area (Å²) in [6, 6.07) is 6.58. The third-order valence-electron chi connectivity index (χ3n) is 4.27. The van der Waals surface area contributed by atoms with Crippen molar-refractivity contribution in [2.75, 3.05) is 19.6 Å². The molecular weight excluding hydrogens is 210 g/mol. The maximum absolute atomic E-state index is 6.26. The third kappa shape index (κ3) is 1.95. The zero-order valence-electron chi connectivity index (χ0n) is 10.8. The molecule has 0 aromatic heterocycles. The summed E-state index contributed by atoms with van der Waals surface area (Å²) in [6.07, 6.45) is 3.46. The lowest BCUT2D eigenvalue weighted by molar-refractivity contribution is 0.0211. The van der Waals surface area contributed by atoms with E-state index in [1.165, 1.54) is 43.6 Å². The van der Waals surface area contributed by atoms with Crippen LogP contribution >= 0.6 is 0 Å². The van der Waals surface area contributed by atoms with Crippen molar-refractivity contribution in [3.63, 3.8) is 0 Å². The molecule has 92 valence electrons. The van der Waals surface area contributed by atoms with Crippen molar-refractivity contribution >= 4 is 0 Å². The van der Waals surface area contributed by atoms with E-state index in [1.54, 1.807) is 0 Å². The first-order valence-corrected chi connectivity index (χ1v) is 6.72. The summed E-state index contributed by atoms with van der Waals surface area (Å²) >= 11 is 0. The van der Waals surface area contributed by atoms with E-state index in [0.717, 1.165) is 12.2 Å². The van der Waals surface area contributed by atoms with E-state index in [0.29, 0.717) is 0 Å². The van der Waals surface area contributed by atoms with E-state index < -0.39 is 0 Å². The van der Waals surface area contributed by atoms with E-state index in [4.69, 9.17) is 4.74 Å². The van der Waals surface area contributed by atoms with Gasteiger partial charge in [0.1, 0.15) is 11.4 Å². The summed E-state index contributed by atoms with van der Waals surface area (Å²) in [5.74, 6) is 1.13. The zero-order valence-corrected chi connectivity index (χ0v) is 10.8. The van der Waals surface area contributed by atoms with Crippen molar-refractivity contribution in [3.05, 3.63) is 29.3 Å². The van der Waals surface area contributed by atoms with Gasteiger partial charge in [-0.15, -0.1) is 0 Å².